The molecule has 0 amide bonds. The molecule has 1 aromatic rings. The van der Waals surface area contributed by atoms with Gasteiger partial charge in [-0.1, -0.05) is 6.92 Å². The van der Waals surface area contributed by atoms with Gasteiger partial charge in [0.25, 0.3) is 0 Å². The lowest BCUT2D eigenvalue weighted by Crippen LogP contribution is -2.24. The van der Waals surface area contributed by atoms with Gasteiger partial charge >= 0.3 is 0 Å². The molecule has 21 heavy (non-hydrogen) atoms. The van der Waals surface area contributed by atoms with E-state index in [4.69, 9.17) is 15.2 Å². The molecular weight excluding hydrogens is 269 g/mol. The SMILES string of the molecule is CCC(N)Cc1cc(F)cc(OCC2CCC(C)(C)O2)c1. The standard InChI is InChI=1S/C17H26FNO2/c1-4-14(19)8-12-7-13(18)10-16(9-12)20-11-15-5-6-17(2,3)21-15/h7,9-10,14-15H,4-6,8,11,19H2,1-3H3. The fourth-order valence-electron chi connectivity index (χ4n) is 2.65. The van der Waals surface area contributed by atoms with E-state index in [0.29, 0.717) is 18.8 Å². The molecule has 3 nitrogen and oxygen atoms in total. The molecule has 2 atom stereocenters. The average molecular weight is 295 g/mol. The predicted octanol–water partition coefficient (Wildman–Crippen LogP) is 3.44. The van der Waals surface area contributed by atoms with Crippen LogP contribution in [0.2, 0.25) is 0 Å². The molecule has 1 heterocycles. The summed E-state index contributed by atoms with van der Waals surface area (Å²) in [5, 5.41) is 0. The zero-order chi connectivity index (χ0) is 15.5. The van der Waals surface area contributed by atoms with E-state index < -0.39 is 0 Å². The summed E-state index contributed by atoms with van der Waals surface area (Å²) in [6.45, 7) is 6.66. The quantitative estimate of drug-likeness (QED) is 0.874. The molecule has 1 aliphatic heterocycles. The van der Waals surface area contributed by atoms with E-state index >= 15 is 0 Å². The van der Waals surface area contributed by atoms with Gasteiger partial charge in [0.2, 0.25) is 0 Å². The molecule has 118 valence electrons. The third-order valence-corrected chi connectivity index (χ3v) is 3.94. The molecule has 0 saturated carbocycles. The van der Waals surface area contributed by atoms with Crippen molar-refractivity contribution in [3.05, 3.63) is 29.6 Å². The second-order valence-electron chi connectivity index (χ2n) is 6.52. The summed E-state index contributed by atoms with van der Waals surface area (Å²) in [6, 6.07) is 4.87. The molecule has 1 fully saturated rings. The van der Waals surface area contributed by atoms with Crippen LogP contribution in [0.3, 0.4) is 0 Å². The molecule has 2 unspecified atom stereocenters. The Bertz CT molecular complexity index is 476. The van der Waals surface area contributed by atoms with E-state index in [-0.39, 0.29) is 23.6 Å². The Hall–Kier alpha value is -1.13. The Morgan fingerprint density at radius 1 is 1.43 bits per heavy atom. The molecule has 0 aromatic heterocycles. The fraction of sp³-hybridized carbons (Fsp3) is 0.647. The fourth-order valence-corrected chi connectivity index (χ4v) is 2.65. The van der Waals surface area contributed by atoms with Gasteiger partial charge in [0.1, 0.15) is 18.2 Å². The average Bonchev–Trinajstić information content (AvgIpc) is 2.75. The van der Waals surface area contributed by atoms with Gasteiger partial charge in [-0.05, 0) is 57.2 Å². The van der Waals surface area contributed by atoms with Crippen molar-refractivity contribution in [3.8, 4) is 5.75 Å². The normalized spacial score (nSPS) is 22.2. The summed E-state index contributed by atoms with van der Waals surface area (Å²) in [5.41, 5.74) is 6.73. The van der Waals surface area contributed by atoms with Crippen molar-refractivity contribution in [2.75, 3.05) is 6.61 Å². The Morgan fingerprint density at radius 2 is 2.19 bits per heavy atom. The Balaban J connectivity index is 1.94. The second kappa shape index (κ2) is 6.75. The first-order valence-electron chi connectivity index (χ1n) is 7.73. The summed E-state index contributed by atoms with van der Waals surface area (Å²) < 4.78 is 25.2. The highest BCUT2D eigenvalue weighted by atomic mass is 19.1. The van der Waals surface area contributed by atoms with Crippen LogP contribution >= 0.6 is 0 Å². The second-order valence-corrected chi connectivity index (χ2v) is 6.52. The van der Waals surface area contributed by atoms with Crippen LogP contribution in [0.5, 0.6) is 5.75 Å². The Labute approximate surface area is 126 Å². The first kappa shape index (κ1) is 16.2. The van der Waals surface area contributed by atoms with Gasteiger partial charge in [0, 0.05) is 12.1 Å². The van der Waals surface area contributed by atoms with E-state index in [9.17, 15) is 4.39 Å². The van der Waals surface area contributed by atoms with Crippen molar-refractivity contribution in [3.63, 3.8) is 0 Å². The summed E-state index contributed by atoms with van der Waals surface area (Å²) in [4.78, 5) is 0. The van der Waals surface area contributed by atoms with Gasteiger partial charge in [-0.25, -0.2) is 4.39 Å². The number of ether oxygens (including phenoxy) is 2. The molecule has 0 aliphatic carbocycles. The number of benzene rings is 1. The van der Waals surface area contributed by atoms with Crippen LogP contribution in [0.1, 0.15) is 45.6 Å². The van der Waals surface area contributed by atoms with Crippen LogP contribution in [-0.4, -0.2) is 24.4 Å². The van der Waals surface area contributed by atoms with E-state index in [1.807, 2.05) is 13.0 Å². The maximum absolute atomic E-state index is 13.7. The number of nitrogens with two attached hydrogens (primary N) is 1. The third-order valence-electron chi connectivity index (χ3n) is 3.94. The van der Waals surface area contributed by atoms with Crippen LogP contribution in [-0.2, 0) is 11.2 Å². The summed E-state index contributed by atoms with van der Waals surface area (Å²) >= 11 is 0. The maximum atomic E-state index is 13.7. The summed E-state index contributed by atoms with van der Waals surface area (Å²) in [6.07, 6.45) is 3.64. The first-order chi connectivity index (χ1) is 9.88. The molecule has 0 spiro atoms. The zero-order valence-electron chi connectivity index (χ0n) is 13.2. The lowest BCUT2D eigenvalue weighted by molar-refractivity contribution is -0.0327. The number of hydrogen-bond acceptors (Lipinski definition) is 3. The van der Waals surface area contributed by atoms with E-state index in [1.165, 1.54) is 12.1 Å². The van der Waals surface area contributed by atoms with Crippen LogP contribution in [0, 0.1) is 5.82 Å². The smallest absolute Gasteiger partial charge is 0.127 e. The predicted molar refractivity (Wildman–Crippen MR) is 82.1 cm³/mol. The lowest BCUT2D eigenvalue weighted by atomic mass is 10.0. The van der Waals surface area contributed by atoms with Gasteiger partial charge in [-0.3, -0.25) is 0 Å². The van der Waals surface area contributed by atoms with E-state index in [2.05, 4.69) is 13.8 Å². The van der Waals surface area contributed by atoms with Crippen molar-refractivity contribution in [1.29, 1.82) is 0 Å². The molecular formula is C17H26FNO2. The van der Waals surface area contributed by atoms with Crippen molar-refractivity contribution in [2.45, 2.75) is 64.2 Å². The molecule has 2 N–H and O–H groups in total. The lowest BCUT2D eigenvalue weighted by Gasteiger charge is -2.19. The molecule has 1 saturated heterocycles. The summed E-state index contributed by atoms with van der Waals surface area (Å²) in [5.74, 6) is 0.278. The van der Waals surface area contributed by atoms with Crippen molar-refractivity contribution >= 4 is 0 Å². The monoisotopic (exact) mass is 295 g/mol. The van der Waals surface area contributed by atoms with Crippen molar-refractivity contribution < 1.29 is 13.9 Å². The van der Waals surface area contributed by atoms with Gasteiger partial charge < -0.3 is 15.2 Å². The van der Waals surface area contributed by atoms with Crippen LogP contribution in [0.25, 0.3) is 0 Å². The topological polar surface area (TPSA) is 44.5 Å². The highest BCUT2D eigenvalue weighted by Crippen LogP contribution is 2.30. The minimum Gasteiger partial charge on any atom is -0.491 e. The molecule has 0 bridgehead atoms. The zero-order valence-corrected chi connectivity index (χ0v) is 13.2. The number of rotatable bonds is 6. The van der Waals surface area contributed by atoms with Gasteiger partial charge in [-0.2, -0.15) is 0 Å². The van der Waals surface area contributed by atoms with Gasteiger partial charge in [0.05, 0.1) is 11.7 Å². The summed E-state index contributed by atoms with van der Waals surface area (Å²) in [7, 11) is 0. The van der Waals surface area contributed by atoms with Crippen molar-refractivity contribution in [1.82, 2.24) is 0 Å². The highest BCUT2D eigenvalue weighted by Gasteiger charge is 2.31. The van der Waals surface area contributed by atoms with Crippen LogP contribution in [0.15, 0.2) is 18.2 Å². The molecule has 4 heteroatoms. The Kier molecular flexibility index (Phi) is 5.22. The van der Waals surface area contributed by atoms with Crippen LogP contribution < -0.4 is 10.5 Å². The van der Waals surface area contributed by atoms with Crippen LogP contribution in [0.4, 0.5) is 4.39 Å². The highest BCUT2D eigenvalue weighted by molar-refractivity contribution is 5.30. The first-order valence-corrected chi connectivity index (χ1v) is 7.73. The van der Waals surface area contributed by atoms with Gasteiger partial charge in [0.15, 0.2) is 0 Å². The Morgan fingerprint density at radius 3 is 2.81 bits per heavy atom. The molecule has 2 rings (SSSR count). The number of hydrogen-bond donors (Lipinski definition) is 1. The third kappa shape index (κ3) is 4.97. The molecule has 1 aromatic carbocycles. The molecule has 0 radical (unpaired) electrons. The largest absolute Gasteiger partial charge is 0.491 e. The molecule has 1 aliphatic rings. The van der Waals surface area contributed by atoms with E-state index in [0.717, 1.165) is 24.8 Å². The van der Waals surface area contributed by atoms with E-state index in [1.54, 1.807) is 0 Å². The minimum absolute atomic E-state index is 0.0543. The number of halogens is 1. The minimum atomic E-state index is -0.279. The van der Waals surface area contributed by atoms with Gasteiger partial charge in [-0.15, -0.1) is 0 Å². The maximum Gasteiger partial charge on any atom is 0.127 e. The van der Waals surface area contributed by atoms with Crippen molar-refractivity contribution in [2.24, 2.45) is 5.73 Å².